The lowest BCUT2D eigenvalue weighted by Gasteiger charge is -2.01. The summed E-state index contributed by atoms with van der Waals surface area (Å²) in [5.74, 6) is 0. The minimum atomic E-state index is 1.36. The molecule has 0 N–H and O–H groups in total. The first-order valence-corrected chi connectivity index (χ1v) is 4.65. The molecular formula is C13H14. The summed E-state index contributed by atoms with van der Waals surface area (Å²) in [5.41, 5.74) is 6.91. The van der Waals surface area contributed by atoms with E-state index in [1.54, 1.807) is 0 Å². The van der Waals surface area contributed by atoms with Crippen molar-refractivity contribution >= 4 is 0 Å². The molecule has 0 aromatic rings. The maximum atomic E-state index is 2.22. The zero-order valence-electron chi connectivity index (χ0n) is 8.39. The maximum Gasteiger partial charge on any atom is -0.0123 e. The molecule has 0 amide bonds. The van der Waals surface area contributed by atoms with E-state index in [0.717, 1.165) is 0 Å². The van der Waals surface area contributed by atoms with Gasteiger partial charge in [0.15, 0.2) is 0 Å². The Bertz CT molecular complexity index is 413. The molecule has 66 valence electrons. The van der Waals surface area contributed by atoms with Crippen molar-refractivity contribution in [3.63, 3.8) is 0 Å². The fourth-order valence-corrected chi connectivity index (χ4v) is 1.95. The predicted octanol–water partition coefficient (Wildman–Crippen LogP) is 3.72. The minimum absolute atomic E-state index is 1.36. The zero-order valence-corrected chi connectivity index (χ0v) is 8.39. The molecule has 0 unspecified atom stereocenters. The van der Waals surface area contributed by atoms with Gasteiger partial charge in [0.25, 0.3) is 0 Å². The second-order valence-corrected chi connectivity index (χ2v) is 3.70. The van der Waals surface area contributed by atoms with Gasteiger partial charge >= 0.3 is 0 Å². The maximum absolute atomic E-state index is 2.22. The van der Waals surface area contributed by atoms with E-state index < -0.39 is 0 Å². The molecular weight excluding hydrogens is 156 g/mol. The van der Waals surface area contributed by atoms with Gasteiger partial charge in [-0.05, 0) is 48.6 Å². The smallest absolute Gasteiger partial charge is 0.0123 e. The Balaban J connectivity index is 2.86. The summed E-state index contributed by atoms with van der Waals surface area (Å²) in [6.45, 7) is 6.52. The van der Waals surface area contributed by atoms with E-state index in [1.165, 1.54) is 27.8 Å². The van der Waals surface area contributed by atoms with Crippen LogP contribution in [0.3, 0.4) is 0 Å². The SMILES string of the molecule is Cc1cccc(C)c2c(C)ccc1-2. The van der Waals surface area contributed by atoms with E-state index in [2.05, 4.69) is 51.1 Å². The number of aryl methyl sites for hydroxylation is 3. The van der Waals surface area contributed by atoms with Gasteiger partial charge in [-0.3, -0.25) is 0 Å². The average molecular weight is 170 g/mol. The van der Waals surface area contributed by atoms with Crippen LogP contribution in [0.2, 0.25) is 0 Å². The van der Waals surface area contributed by atoms with Crippen LogP contribution in [-0.2, 0) is 0 Å². The Morgan fingerprint density at radius 2 is 1.31 bits per heavy atom. The van der Waals surface area contributed by atoms with Crippen LogP contribution in [0.4, 0.5) is 0 Å². The Labute approximate surface area is 79.6 Å². The van der Waals surface area contributed by atoms with Gasteiger partial charge < -0.3 is 0 Å². The Morgan fingerprint density at radius 3 is 2.08 bits per heavy atom. The molecule has 0 aliphatic heterocycles. The minimum Gasteiger partial charge on any atom is -0.0617 e. The molecule has 2 aliphatic rings. The fourth-order valence-electron chi connectivity index (χ4n) is 1.95. The second-order valence-electron chi connectivity index (χ2n) is 3.70. The summed E-state index contributed by atoms with van der Waals surface area (Å²) >= 11 is 0. The molecule has 0 saturated heterocycles. The van der Waals surface area contributed by atoms with E-state index >= 15 is 0 Å². The molecule has 13 heavy (non-hydrogen) atoms. The first-order valence-electron chi connectivity index (χ1n) is 4.65. The topological polar surface area (TPSA) is 0 Å². The van der Waals surface area contributed by atoms with Gasteiger partial charge in [0.2, 0.25) is 0 Å². The summed E-state index contributed by atoms with van der Waals surface area (Å²) in [4.78, 5) is 0. The van der Waals surface area contributed by atoms with Gasteiger partial charge in [-0.1, -0.05) is 30.3 Å². The molecule has 0 bridgehead atoms. The summed E-state index contributed by atoms with van der Waals surface area (Å²) < 4.78 is 0. The highest BCUT2D eigenvalue weighted by Gasteiger charge is 2.09. The van der Waals surface area contributed by atoms with E-state index in [1.807, 2.05) is 0 Å². The van der Waals surface area contributed by atoms with Crippen molar-refractivity contribution in [3.05, 3.63) is 47.0 Å². The van der Waals surface area contributed by atoms with Gasteiger partial charge in [-0.25, -0.2) is 0 Å². The van der Waals surface area contributed by atoms with Crippen molar-refractivity contribution in [2.75, 3.05) is 0 Å². The molecule has 0 heterocycles. The standard InChI is InChI=1S/C13H14/c1-9-5-4-6-10(2)13-11(3)7-8-12(9)13/h4-8H,1-3H3. The number of hydrogen-bond donors (Lipinski definition) is 0. The van der Waals surface area contributed by atoms with Crippen molar-refractivity contribution in [3.8, 4) is 11.1 Å². The monoisotopic (exact) mass is 170 g/mol. The van der Waals surface area contributed by atoms with Gasteiger partial charge in [0, 0.05) is 0 Å². The molecule has 0 nitrogen and oxygen atoms in total. The third-order valence-electron chi connectivity index (χ3n) is 2.68. The summed E-state index contributed by atoms with van der Waals surface area (Å²) in [6.07, 6.45) is 0. The third-order valence-corrected chi connectivity index (χ3v) is 2.68. The van der Waals surface area contributed by atoms with Crippen molar-refractivity contribution in [2.45, 2.75) is 20.8 Å². The quantitative estimate of drug-likeness (QED) is 0.565. The molecule has 0 aromatic carbocycles. The molecule has 2 rings (SSSR count). The lowest BCUT2D eigenvalue weighted by Crippen LogP contribution is -1.79. The van der Waals surface area contributed by atoms with Crippen molar-refractivity contribution in [1.82, 2.24) is 0 Å². The Hall–Kier alpha value is -1.30. The molecule has 0 aromatic heterocycles. The summed E-state index contributed by atoms with van der Waals surface area (Å²) in [7, 11) is 0. The summed E-state index contributed by atoms with van der Waals surface area (Å²) in [5, 5.41) is 0. The highest BCUT2D eigenvalue weighted by Crippen LogP contribution is 2.31. The lowest BCUT2D eigenvalue weighted by atomic mass is 10.0. The summed E-state index contributed by atoms with van der Waals surface area (Å²) in [6, 6.07) is 10.9. The molecule has 0 spiro atoms. The highest BCUT2D eigenvalue weighted by molar-refractivity contribution is 5.75. The van der Waals surface area contributed by atoms with Crippen molar-refractivity contribution in [2.24, 2.45) is 0 Å². The second kappa shape index (κ2) is 2.88. The van der Waals surface area contributed by atoms with Crippen LogP contribution >= 0.6 is 0 Å². The van der Waals surface area contributed by atoms with Crippen LogP contribution in [0.25, 0.3) is 11.1 Å². The van der Waals surface area contributed by atoms with E-state index in [9.17, 15) is 0 Å². The average Bonchev–Trinajstić information content (AvgIpc) is 2.40. The van der Waals surface area contributed by atoms with Crippen LogP contribution in [0, 0.1) is 20.8 Å². The Morgan fingerprint density at radius 1 is 0.692 bits per heavy atom. The molecule has 2 aliphatic carbocycles. The molecule has 0 heteroatoms. The molecule has 0 fully saturated rings. The van der Waals surface area contributed by atoms with Crippen LogP contribution in [0.15, 0.2) is 30.3 Å². The third kappa shape index (κ3) is 1.23. The van der Waals surface area contributed by atoms with Crippen molar-refractivity contribution < 1.29 is 0 Å². The van der Waals surface area contributed by atoms with E-state index in [-0.39, 0.29) is 0 Å². The van der Waals surface area contributed by atoms with E-state index in [4.69, 9.17) is 0 Å². The van der Waals surface area contributed by atoms with Crippen LogP contribution in [0.1, 0.15) is 16.7 Å². The molecule has 0 radical (unpaired) electrons. The number of rotatable bonds is 0. The van der Waals surface area contributed by atoms with Crippen LogP contribution in [-0.4, -0.2) is 0 Å². The van der Waals surface area contributed by atoms with Gasteiger partial charge in [0.05, 0.1) is 0 Å². The zero-order chi connectivity index (χ0) is 9.42. The first kappa shape index (κ1) is 8.31. The molecule has 0 saturated carbocycles. The highest BCUT2D eigenvalue weighted by atomic mass is 14.1. The lowest BCUT2D eigenvalue weighted by molar-refractivity contribution is 1.44. The normalized spacial score (nSPS) is 10.7. The fraction of sp³-hybridized carbons (Fsp3) is 0.231. The predicted molar refractivity (Wildman–Crippen MR) is 57.3 cm³/mol. The van der Waals surface area contributed by atoms with E-state index in [0.29, 0.717) is 0 Å². The van der Waals surface area contributed by atoms with Crippen molar-refractivity contribution in [1.29, 1.82) is 0 Å². The molecule has 0 atom stereocenters. The largest absolute Gasteiger partial charge is 0.0617 e. The first-order chi connectivity index (χ1) is 6.20. The van der Waals surface area contributed by atoms with Gasteiger partial charge in [-0.2, -0.15) is 0 Å². The van der Waals surface area contributed by atoms with Gasteiger partial charge in [0.1, 0.15) is 0 Å². The number of hydrogen-bond acceptors (Lipinski definition) is 0. The Kier molecular flexibility index (Phi) is 1.84. The van der Waals surface area contributed by atoms with Crippen LogP contribution in [0.5, 0.6) is 0 Å². The number of fused-ring (bicyclic) bond motifs is 1. The van der Waals surface area contributed by atoms with Crippen LogP contribution < -0.4 is 0 Å². The van der Waals surface area contributed by atoms with Gasteiger partial charge in [-0.15, -0.1) is 0 Å².